The van der Waals surface area contributed by atoms with Crippen LogP contribution in [-0.4, -0.2) is 0 Å². The molecule has 3 fully saturated rings. The molecule has 0 aliphatic heterocycles. The summed E-state index contributed by atoms with van der Waals surface area (Å²) >= 11 is 0. The van der Waals surface area contributed by atoms with Gasteiger partial charge in [0.1, 0.15) is 0 Å². The van der Waals surface area contributed by atoms with E-state index >= 15 is 0 Å². The fourth-order valence-electron chi connectivity index (χ4n) is 5.80. The van der Waals surface area contributed by atoms with Gasteiger partial charge in [-0.3, -0.25) is 0 Å². The average Bonchev–Trinajstić information content (AvgIpc) is 2.61. The highest BCUT2D eigenvalue weighted by Gasteiger charge is 2.49. The Morgan fingerprint density at radius 2 is 0.850 bits per heavy atom. The lowest BCUT2D eigenvalue weighted by atomic mass is 9.49. The zero-order chi connectivity index (χ0) is 13.7. The van der Waals surface area contributed by atoms with E-state index in [2.05, 4.69) is 0 Å². The van der Waals surface area contributed by atoms with E-state index < -0.39 is 0 Å². The van der Waals surface area contributed by atoms with E-state index in [9.17, 15) is 0 Å². The molecule has 116 valence electrons. The van der Waals surface area contributed by atoms with E-state index in [1.54, 1.807) is 64.2 Å². The summed E-state index contributed by atoms with van der Waals surface area (Å²) in [7, 11) is 0. The molecule has 3 rings (SSSR count). The number of hydrogen-bond donors (Lipinski definition) is 0. The summed E-state index contributed by atoms with van der Waals surface area (Å²) in [4.78, 5) is 0. The largest absolute Gasteiger partial charge is 0.0533 e. The van der Waals surface area contributed by atoms with Crippen molar-refractivity contribution in [2.24, 2.45) is 17.3 Å². The molecule has 0 saturated heterocycles. The van der Waals surface area contributed by atoms with Crippen LogP contribution in [0.1, 0.15) is 109 Å². The fourth-order valence-corrected chi connectivity index (χ4v) is 5.80. The molecule has 3 saturated carbocycles. The van der Waals surface area contributed by atoms with Crippen molar-refractivity contribution >= 4 is 0 Å². The van der Waals surface area contributed by atoms with E-state index in [0.29, 0.717) is 0 Å². The van der Waals surface area contributed by atoms with Gasteiger partial charge in [-0.15, -0.1) is 0 Å². The van der Waals surface area contributed by atoms with Crippen molar-refractivity contribution in [2.75, 3.05) is 0 Å². The van der Waals surface area contributed by atoms with Crippen LogP contribution in [0, 0.1) is 17.3 Å². The zero-order valence-electron chi connectivity index (χ0n) is 13.7. The van der Waals surface area contributed by atoms with Gasteiger partial charge in [-0.1, -0.05) is 70.6 Å². The molecule has 0 spiro atoms. The monoisotopic (exact) mass is 276 g/mol. The van der Waals surface area contributed by atoms with Crippen LogP contribution in [0.4, 0.5) is 0 Å². The Kier molecular flexibility index (Phi) is 5.46. The predicted molar refractivity (Wildman–Crippen MR) is 87.9 cm³/mol. The molecular formula is C20H36. The second-order valence-electron chi connectivity index (χ2n) is 8.17. The maximum Gasteiger partial charge on any atom is -0.0241 e. The van der Waals surface area contributed by atoms with Crippen LogP contribution in [0.3, 0.4) is 0 Å². The van der Waals surface area contributed by atoms with Crippen LogP contribution in [0.15, 0.2) is 0 Å². The molecule has 0 heterocycles. The lowest BCUT2D eigenvalue weighted by molar-refractivity contribution is -0.0546. The van der Waals surface area contributed by atoms with Gasteiger partial charge < -0.3 is 0 Å². The first kappa shape index (κ1) is 14.9. The fraction of sp³-hybridized carbons (Fsp3) is 1.00. The first-order chi connectivity index (χ1) is 9.92. The summed E-state index contributed by atoms with van der Waals surface area (Å²) in [6, 6.07) is 0. The molecule has 3 aliphatic rings. The quantitative estimate of drug-likeness (QED) is 0.490. The van der Waals surface area contributed by atoms with Gasteiger partial charge in [0.15, 0.2) is 0 Å². The van der Waals surface area contributed by atoms with E-state index in [0.717, 1.165) is 17.3 Å². The normalized spacial score (nSPS) is 38.1. The van der Waals surface area contributed by atoms with Crippen LogP contribution in [0.25, 0.3) is 0 Å². The molecule has 0 N–H and O–H groups in total. The summed E-state index contributed by atoms with van der Waals surface area (Å²) in [6.45, 7) is 0. The maximum atomic E-state index is 1.60. The van der Waals surface area contributed by atoms with E-state index in [1.165, 1.54) is 44.9 Å². The molecule has 0 aromatic rings. The minimum atomic E-state index is 0.828. The van der Waals surface area contributed by atoms with Gasteiger partial charge >= 0.3 is 0 Å². The molecule has 0 bridgehead atoms. The molecule has 0 radical (unpaired) electrons. The second-order valence-corrected chi connectivity index (χ2v) is 8.17. The number of rotatable bonds is 1. The first-order valence-electron chi connectivity index (χ1n) is 9.92. The van der Waals surface area contributed by atoms with E-state index in [4.69, 9.17) is 0 Å². The Bertz CT molecular complexity index is 272. The Hall–Kier alpha value is 0. The topological polar surface area (TPSA) is 0 Å². The lowest BCUT2D eigenvalue weighted by Crippen LogP contribution is -2.46. The van der Waals surface area contributed by atoms with Gasteiger partial charge in [0.05, 0.1) is 0 Å². The standard InChI is InChI=1S/C20H36/c1-2-5-9-13-18(12-8-4-1)20-16-11-7-3-6-10-14-19(20)15-17-20/h18-19H,1-17H2. The molecule has 2 unspecified atom stereocenters. The van der Waals surface area contributed by atoms with Crippen LogP contribution in [0.2, 0.25) is 0 Å². The van der Waals surface area contributed by atoms with Crippen molar-refractivity contribution in [1.82, 2.24) is 0 Å². The highest BCUT2D eigenvalue weighted by atomic mass is 14.5. The number of fused-ring (bicyclic) bond motifs is 1. The van der Waals surface area contributed by atoms with E-state index in [1.807, 2.05) is 0 Å². The summed E-state index contributed by atoms with van der Waals surface area (Å²) in [5.41, 5.74) is 0.828. The average molecular weight is 277 g/mol. The number of hydrogen-bond acceptors (Lipinski definition) is 0. The highest BCUT2D eigenvalue weighted by Crippen LogP contribution is 2.60. The van der Waals surface area contributed by atoms with Gasteiger partial charge in [-0.05, 0) is 55.8 Å². The summed E-state index contributed by atoms with van der Waals surface area (Å²) in [5, 5.41) is 0. The SMILES string of the molecule is C1CCCCC(C23CCCCCCCC2CC3)CCC1. The van der Waals surface area contributed by atoms with E-state index in [-0.39, 0.29) is 0 Å². The van der Waals surface area contributed by atoms with Crippen molar-refractivity contribution in [3.05, 3.63) is 0 Å². The molecule has 0 amide bonds. The Labute approximate surface area is 127 Å². The van der Waals surface area contributed by atoms with Gasteiger partial charge in [0, 0.05) is 0 Å². The maximum absolute atomic E-state index is 1.60. The molecule has 0 aromatic carbocycles. The van der Waals surface area contributed by atoms with Gasteiger partial charge in [-0.25, -0.2) is 0 Å². The van der Waals surface area contributed by atoms with Crippen molar-refractivity contribution in [2.45, 2.75) is 109 Å². The molecule has 20 heavy (non-hydrogen) atoms. The lowest BCUT2D eigenvalue weighted by Gasteiger charge is -2.55. The predicted octanol–water partition coefficient (Wildman–Crippen LogP) is 6.88. The highest BCUT2D eigenvalue weighted by molar-refractivity contribution is 5.00. The minimum absolute atomic E-state index is 0.828. The zero-order valence-corrected chi connectivity index (χ0v) is 13.7. The third kappa shape index (κ3) is 3.25. The van der Waals surface area contributed by atoms with Gasteiger partial charge in [-0.2, -0.15) is 0 Å². The van der Waals surface area contributed by atoms with Crippen LogP contribution in [0.5, 0.6) is 0 Å². The molecule has 3 aliphatic carbocycles. The van der Waals surface area contributed by atoms with Gasteiger partial charge in [0.2, 0.25) is 0 Å². The summed E-state index contributed by atoms with van der Waals surface area (Å²) in [5.74, 6) is 2.24. The summed E-state index contributed by atoms with van der Waals surface area (Å²) in [6.07, 6.45) is 26.3. The molecule has 2 atom stereocenters. The van der Waals surface area contributed by atoms with Crippen LogP contribution in [-0.2, 0) is 0 Å². The van der Waals surface area contributed by atoms with Crippen molar-refractivity contribution in [1.29, 1.82) is 0 Å². The molecule has 0 nitrogen and oxygen atoms in total. The van der Waals surface area contributed by atoms with Crippen molar-refractivity contribution in [3.8, 4) is 0 Å². The van der Waals surface area contributed by atoms with Crippen molar-refractivity contribution < 1.29 is 0 Å². The first-order valence-corrected chi connectivity index (χ1v) is 9.92. The molecule has 0 aromatic heterocycles. The second kappa shape index (κ2) is 7.32. The smallest absolute Gasteiger partial charge is 0.0241 e. The third-order valence-corrected chi connectivity index (χ3v) is 7.13. The third-order valence-electron chi connectivity index (χ3n) is 7.13. The Morgan fingerprint density at radius 3 is 1.35 bits per heavy atom. The van der Waals surface area contributed by atoms with Gasteiger partial charge in [0.25, 0.3) is 0 Å². The Morgan fingerprint density at radius 1 is 0.400 bits per heavy atom. The van der Waals surface area contributed by atoms with Crippen LogP contribution >= 0.6 is 0 Å². The molecular weight excluding hydrogens is 240 g/mol. The van der Waals surface area contributed by atoms with Crippen molar-refractivity contribution in [3.63, 3.8) is 0 Å². The molecule has 0 heteroatoms. The minimum Gasteiger partial charge on any atom is -0.0533 e. The summed E-state index contributed by atoms with van der Waals surface area (Å²) < 4.78 is 0. The van der Waals surface area contributed by atoms with Crippen LogP contribution < -0.4 is 0 Å². The Balaban J connectivity index is 1.68.